The largest absolute Gasteiger partial charge is 0.322 e. The van der Waals surface area contributed by atoms with E-state index < -0.39 is 0 Å². The Morgan fingerprint density at radius 3 is 2.81 bits per heavy atom. The van der Waals surface area contributed by atoms with Crippen LogP contribution in [0.15, 0.2) is 42.7 Å². The maximum absolute atomic E-state index is 11.2. The average molecular weight is 216 g/mol. The second-order valence-electron chi connectivity index (χ2n) is 3.31. The van der Waals surface area contributed by atoms with E-state index in [9.17, 15) is 4.79 Å². The topological polar surface area (TPSA) is 72.9 Å². The van der Waals surface area contributed by atoms with Crippen LogP contribution in [0.3, 0.4) is 0 Å². The summed E-state index contributed by atoms with van der Waals surface area (Å²) in [7, 11) is 0. The van der Waals surface area contributed by atoms with Crippen molar-refractivity contribution in [2.75, 3.05) is 0 Å². The van der Waals surface area contributed by atoms with Crippen molar-refractivity contribution in [3.05, 3.63) is 42.7 Å². The minimum atomic E-state index is -0.254. The lowest BCUT2D eigenvalue weighted by molar-refractivity contribution is -0.121. The van der Waals surface area contributed by atoms with Gasteiger partial charge in [0.05, 0.1) is 0 Å². The van der Waals surface area contributed by atoms with Crippen molar-refractivity contribution in [2.45, 2.75) is 6.54 Å². The lowest BCUT2D eigenvalue weighted by Gasteiger charge is -2.06. The van der Waals surface area contributed by atoms with E-state index in [0.717, 1.165) is 11.4 Å². The summed E-state index contributed by atoms with van der Waals surface area (Å²) in [6, 6.07) is 9.68. The van der Waals surface area contributed by atoms with Crippen LogP contribution >= 0.6 is 0 Å². The molecule has 2 aromatic rings. The van der Waals surface area contributed by atoms with Crippen LogP contribution in [0.1, 0.15) is 0 Å². The first-order valence-corrected chi connectivity index (χ1v) is 4.87. The van der Waals surface area contributed by atoms with E-state index in [-0.39, 0.29) is 12.5 Å². The van der Waals surface area contributed by atoms with E-state index in [4.69, 9.17) is 5.84 Å². The number of imidazole rings is 1. The van der Waals surface area contributed by atoms with Crippen molar-refractivity contribution < 1.29 is 4.79 Å². The molecule has 3 N–H and O–H groups in total. The summed E-state index contributed by atoms with van der Waals surface area (Å²) in [5, 5.41) is 0. The minimum absolute atomic E-state index is 0.167. The van der Waals surface area contributed by atoms with Gasteiger partial charge in [0.25, 0.3) is 5.91 Å². The Morgan fingerprint density at radius 1 is 1.38 bits per heavy atom. The van der Waals surface area contributed by atoms with Gasteiger partial charge >= 0.3 is 0 Å². The summed E-state index contributed by atoms with van der Waals surface area (Å²) in [6.45, 7) is 0.167. The molecule has 0 unspecified atom stereocenters. The molecule has 0 radical (unpaired) electrons. The molecule has 0 aliphatic heterocycles. The predicted molar refractivity (Wildman–Crippen MR) is 60.0 cm³/mol. The van der Waals surface area contributed by atoms with Gasteiger partial charge in [-0.3, -0.25) is 10.2 Å². The van der Waals surface area contributed by atoms with Gasteiger partial charge in [-0.15, -0.1) is 0 Å². The van der Waals surface area contributed by atoms with Gasteiger partial charge < -0.3 is 4.57 Å². The molecule has 1 amide bonds. The van der Waals surface area contributed by atoms with Crippen LogP contribution < -0.4 is 11.3 Å². The second-order valence-corrected chi connectivity index (χ2v) is 3.31. The highest BCUT2D eigenvalue weighted by Gasteiger charge is 2.07. The Hall–Kier alpha value is -2.14. The molecule has 82 valence electrons. The number of hydrazine groups is 1. The number of carbonyl (C=O) groups is 1. The first-order chi connectivity index (χ1) is 7.81. The second kappa shape index (κ2) is 4.59. The molecule has 16 heavy (non-hydrogen) atoms. The van der Waals surface area contributed by atoms with Gasteiger partial charge in [0.2, 0.25) is 0 Å². The van der Waals surface area contributed by atoms with E-state index in [0.29, 0.717) is 0 Å². The van der Waals surface area contributed by atoms with E-state index in [1.165, 1.54) is 0 Å². The summed E-state index contributed by atoms with van der Waals surface area (Å²) in [5.74, 6) is 5.54. The molecule has 0 saturated heterocycles. The Bertz CT molecular complexity index is 478. The third kappa shape index (κ3) is 2.09. The van der Waals surface area contributed by atoms with Gasteiger partial charge in [0.15, 0.2) is 0 Å². The summed E-state index contributed by atoms with van der Waals surface area (Å²) in [4.78, 5) is 15.4. The quantitative estimate of drug-likeness (QED) is 0.447. The first kappa shape index (κ1) is 10.4. The Morgan fingerprint density at radius 2 is 2.12 bits per heavy atom. The summed E-state index contributed by atoms with van der Waals surface area (Å²) < 4.78 is 1.75. The van der Waals surface area contributed by atoms with Gasteiger partial charge in [0, 0.05) is 18.0 Å². The molecular formula is C11H12N4O. The van der Waals surface area contributed by atoms with Crippen molar-refractivity contribution in [3.8, 4) is 11.4 Å². The molecule has 0 fully saturated rings. The molecule has 0 aliphatic carbocycles. The zero-order chi connectivity index (χ0) is 11.4. The summed E-state index contributed by atoms with van der Waals surface area (Å²) >= 11 is 0. The number of rotatable bonds is 3. The third-order valence-corrected chi connectivity index (χ3v) is 2.22. The highest BCUT2D eigenvalue weighted by atomic mass is 16.2. The summed E-state index contributed by atoms with van der Waals surface area (Å²) in [6.07, 6.45) is 3.41. The van der Waals surface area contributed by atoms with Crippen LogP contribution in [-0.4, -0.2) is 15.5 Å². The molecule has 0 saturated carbocycles. The third-order valence-electron chi connectivity index (χ3n) is 2.22. The standard InChI is InChI=1S/C11H12N4O/c12-14-10(16)8-15-7-6-13-11(15)9-4-2-1-3-5-9/h1-7H,8,12H2,(H,14,16). The van der Waals surface area contributed by atoms with Crippen molar-refractivity contribution in [2.24, 2.45) is 5.84 Å². The highest BCUT2D eigenvalue weighted by Crippen LogP contribution is 2.16. The molecule has 0 bridgehead atoms. The summed E-state index contributed by atoms with van der Waals surface area (Å²) in [5.41, 5.74) is 3.06. The molecule has 0 atom stereocenters. The maximum Gasteiger partial charge on any atom is 0.253 e. The van der Waals surface area contributed by atoms with Gasteiger partial charge in [-0.2, -0.15) is 0 Å². The molecule has 1 aromatic heterocycles. The van der Waals surface area contributed by atoms with Gasteiger partial charge in [-0.25, -0.2) is 10.8 Å². The Balaban J connectivity index is 2.29. The van der Waals surface area contributed by atoms with Crippen LogP contribution in [-0.2, 0) is 11.3 Å². The zero-order valence-corrected chi connectivity index (χ0v) is 8.63. The van der Waals surface area contributed by atoms with E-state index in [2.05, 4.69) is 10.4 Å². The number of benzene rings is 1. The molecular weight excluding hydrogens is 204 g/mol. The Labute approximate surface area is 92.9 Å². The lowest BCUT2D eigenvalue weighted by Crippen LogP contribution is -2.33. The fraction of sp³-hybridized carbons (Fsp3) is 0.0909. The van der Waals surface area contributed by atoms with Crippen molar-refractivity contribution >= 4 is 5.91 Å². The maximum atomic E-state index is 11.2. The normalized spacial score (nSPS) is 10.1. The lowest BCUT2D eigenvalue weighted by atomic mass is 10.2. The van der Waals surface area contributed by atoms with Crippen LogP contribution in [0.5, 0.6) is 0 Å². The van der Waals surface area contributed by atoms with Crippen LogP contribution in [0.25, 0.3) is 11.4 Å². The van der Waals surface area contributed by atoms with Gasteiger partial charge in [-0.05, 0) is 0 Å². The fourth-order valence-corrected chi connectivity index (χ4v) is 1.48. The van der Waals surface area contributed by atoms with E-state index in [1.807, 2.05) is 30.3 Å². The van der Waals surface area contributed by atoms with E-state index >= 15 is 0 Å². The number of nitrogens with one attached hydrogen (secondary N) is 1. The number of carbonyl (C=O) groups excluding carboxylic acids is 1. The van der Waals surface area contributed by atoms with Crippen LogP contribution in [0, 0.1) is 0 Å². The average Bonchev–Trinajstić information content (AvgIpc) is 2.78. The first-order valence-electron chi connectivity index (χ1n) is 4.87. The molecule has 0 aliphatic rings. The van der Waals surface area contributed by atoms with E-state index in [1.54, 1.807) is 17.0 Å². The monoisotopic (exact) mass is 216 g/mol. The number of aromatic nitrogens is 2. The fourth-order valence-electron chi connectivity index (χ4n) is 1.48. The predicted octanol–water partition coefficient (Wildman–Crippen LogP) is 0.540. The number of amides is 1. The number of nitrogens with two attached hydrogens (primary N) is 1. The smallest absolute Gasteiger partial charge is 0.253 e. The molecule has 1 heterocycles. The molecule has 5 nitrogen and oxygen atoms in total. The zero-order valence-electron chi connectivity index (χ0n) is 8.63. The minimum Gasteiger partial charge on any atom is -0.322 e. The number of nitrogens with zero attached hydrogens (tertiary/aromatic N) is 2. The molecule has 5 heteroatoms. The molecule has 2 rings (SSSR count). The van der Waals surface area contributed by atoms with Crippen LogP contribution in [0.4, 0.5) is 0 Å². The molecule has 1 aromatic carbocycles. The number of hydrogen-bond acceptors (Lipinski definition) is 3. The highest BCUT2D eigenvalue weighted by molar-refractivity contribution is 5.75. The Kier molecular flexibility index (Phi) is 2.98. The van der Waals surface area contributed by atoms with Crippen LogP contribution in [0.2, 0.25) is 0 Å². The van der Waals surface area contributed by atoms with Gasteiger partial charge in [0.1, 0.15) is 12.4 Å². The molecule has 0 spiro atoms. The SMILES string of the molecule is NNC(=O)Cn1ccnc1-c1ccccc1. The van der Waals surface area contributed by atoms with Crippen molar-refractivity contribution in [1.82, 2.24) is 15.0 Å². The number of hydrogen-bond donors (Lipinski definition) is 2. The van der Waals surface area contributed by atoms with Gasteiger partial charge in [-0.1, -0.05) is 30.3 Å². The van der Waals surface area contributed by atoms with Crippen molar-refractivity contribution in [3.63, 3.8) is 0 Å². The van der Waals surface area contributed by atoms with Crippen molar-refractivity contribution in [1.29, 1.82) is 0 Å².